The second-order valence-corrected chi connectivity index (χ2v) is 4.67. The molecule has 1 aromatic carbocycles. The van der Waals surface area contributed by atoms with E-state index in [9.17, 15) is 9.59 Å². The summed E-state index contributed by atoms with van der Waals surface area (Å²) in [5.41, 5.74) is 0.883. The summed E-state index contributed by atoms with van der Waals surface area (Å²) in [5.74, 6) is -1.04. The van der Waals surface area contributed by atoms with Crippen LogP contribution in [-0.2, 0) is 11.3 Å². The number of nitrogens with one attached hydrogen (secondary N) is 1. The zero-order valence-corrected chi connectivity index (χ0v) is 11.6. The maximum absolute atomic E-state index is 11.8. The number of carbonyl (C=O) groups is 2. The zero-order chi connectivity index (χ0) is 14.4. The first-order valence-corrected chi connectivity index (χ1v) is 6.30. The minimum absolute atomic E-state index is 0.339. The van der Waals surface area contributed by atoms with Gasteiger partial charge >= 0.3 is 12.0 Å². The Kier molecular flexibility index (Phi) is 5.63. The third kappa shape index (κ3) is 4.79. The van der Waals surface area contributed by atoms with Crippen molar-refractivity contribution < 1.29 is 14.7 Å². The molecule has 0 saturated carbocycles. The van der Waals surface area contributed by atoms with Gasteiger partial charge in [-0.15, -0.1) is 0 Å². The van der Waals surface area contributed by atoms with E-state index in [4.69, 9.17) is 16.7 Å². The monoisotopic (exact) mass is 284 g/mol. The largest absolute Gasteiger partial charge is 0.480 e. The molecule has 1 atom stereocenters. The number of hydrogen-bond donors (Lipinski definition) is 2. The van der Waals surface area contributed by atoms with E-state index in [-0.39, 0.29) is 0 Å². The second-order valence-electron chi connectivity index (χ2n) is 4.23. The predicted octanol–water partition coefficient (Wildman–Crippen LogP) is 2.34. The van der Waals surface area contributed by atoms with Gasteiger partial charge in [0.1, 0.15) is 6.04 Å². The van der Waals surface area contributed by atoms with Crippen molar-refractivity contribution in [2.24, 2.45) is 0 Å². The van der Waals surface area contributed by atoms with Crippen molar-refractivity contribution in [2.45, 2.75) is 25.9 Å². The molecule has 104 valence electrons. The van der Waals surface area contributed by atoms with E-state index in [2.05, 4.69) is 5.32 Å². The number of nitrogens with zero attached hydrogens (tertiary/aromatic N) is 1. The van der Waals surface area contributed by atoms with Crippen molar-refractivity contribution in [3.63, 3.8) is 0 Å². The van der Waals surface area contributed by atoms with Gasteiger partial charge in [0.2, 0.25) is 0 Å². The average Bonchev–Trinajstić information content (AvgIpc) is 2.35. The number of carboxylic acid groups (broad SMARTS) is 1. The molecule has 0 unspecified atom stereocenters. The van der Waals surface area contributed by atoms with Crippen LogP contribution >= 0.6 is 11.6 Å². The highest BCUT2D eigenvalue weighted by Crippen LogP contribution is 2.12. The first-order valence-electron chi connectivity index (χ1n) is 5.93. The van der Waals surface area contributed by atoms with Crippen LogP contribution in [0, 0.1) is 0 Å². The first kappa shape index (κ1) is 15.3. The molecular formula is C13H17ClN2O3. The fourth-order valence-corrected chi connectivity index (χ4v) is 1.79. The van der Waals surface area contributed by atoms with Crippen molar-refractivity contribution in [3.8, 4) is 0 Å². The molecule has 5 nitrogen and oxygen atoms in total. The number of benzene rings is 1. The van der Waals surface area contributed by atoms with Crippen LogP contribution in [0.4, 0.5) is 4.79 Å². The number of hydrogen-bond acceptors (Lipinski definition) is 2. The standard InChI is InChI=1S/C13H17ClN2O3/c1-3-11(12(17)18)15-13(19)16(2)8-9-5-4-6-10(14)7-9/h4-7,11H,3,8H2,1-2H3,(H,15,19)(H,17,18)/t11-/m0/s1. The maximum Gasteiger partial charge on any atom is 0.326 e. The van der Waals surface area contributed by atoms with Gasteiger partial charge in [0, 0.05) is 18.6 Å². The van der Waals surface area contributed by atoms with Gasteiger partial charge in [0.05, 0.1) is 0 Å². The highest BCUT2D eigenvalue weighted by atomic mass is 35.5. The van der Waals surface area contributed by atoms with Gasteiger partial charge in [-0.1, -0.05) is 30.7 Å². The van der Waals surface area contributed by atoms with Crippen molar-refractivity contribution >= 4 is 23.6 Å². The Hall–Kier alpha value is -1.75. The molecule has 2 N–H and O–H groups in total. The summed E-state index contributed by atoms with van der Waals surface area (Å²) in [6, 6.07) is 5.88. The Morgan fingerprint density at radius 1 is 1.47 bits per heavy atom. The fourth-order valence-electron chi connectivity index (χ4n) is 1.58. The van der Waals surface area contributed by atoms with Gasteiger partial charge in [-0.25, -0.2) is 9.59 Å². The van der Waals surface area contributed by atoms with Crippen molar-refractivity contribution in [1.82, 2.24) is 10.2 Å². The molecule has 0 bridgehead atoms. The molecule has 0 radical (unpaired) electrons. The normalized spacial score (nSPS) is 11.7. The third-order valence-electron chi connectivity index (χ3n) is 2.66. The highest BCUT2D eigenvalue weighted by Gasteiger charge is 2.19. The minimum Gasteiger partial charge on any atom is -0.480 e. The van der Waals surface area contributed by atoms with E-state index in [1.165, 1.54) is 4.90 Å². The molecule has 0 aromatic heterocycles. The average molecular weight is 285 g/mol. The molecule has 6 heteroatoms. The molecule has 19 heavy (non-hydrogen) atoms. The van der Waals surface area contributed by atoms with Gasteiger partial charge in [-0.05, 0) is 24.1 Å². The lowest BCUT2D eigenvalue weighted by Gasteiger charge is -2.20. The van der Waals surface area contributed by atoms with Crippen LogP contribution < -0.4 is 5.32 Å². The van der Waals surface area contributed by atoms with E-state index < -0.39 is 18.0 Å². The minimum atomic E-state index is -1.04. The molecule has 0 saturated heterocycles. The van der Waals surface area contributed by atoms with Gasteiger partial charge in [0.15, 0.2) is 0 Å². The Labute approximate surface area is 117 Å². The van der Waals surface area contributed by atoms with Crippen molar-refractivity contribution in [2.75, 3.05) is 7.05 Å². The first-order chi connectivity index (χ1) is 8.93. The van der Waals surface area contributed by atoms with Crippen molar-refractivity contribution in [1.29, 1.82) is 0 Å². The Bertz CT molecular complexity index is 465. The van der Waals surface area contributed by atoms with E-state index >= 15 is 0 Å². The second kappa shape index (κ2) is 6.99. The number of amides is 2. The number of urea groups is 1. The quantitative estimate of drug-likeness (QED) is 0.872. The SMILES string of the molecule is CC[C@H](NC(=O)N(C)Cc1cccc(Cl)c1)C(=O)O. The summed E-state index contributed by atoms with van der Waals surface area (Å²) >= 11 is 5.86. The topological polar surface area (TPSA) is 69.6 Å². The number of carboxylic acids is 1. The van der Waals surface area contributed by atoms with E-state index in [1.54, 1.807) is 32.2 Å². The molecule has 1 rings (SSSR count). The van der Waals surface area contributed by atoms with Crippen LogP contribution in [0.3, 0.4) is 0 Å². The molecule has 0 aliphatic rings. The number of aliphatic carboxylic acids is 1. The van der Waals surface area contributed by atoms with Crippen LogP contribution in [-0.4, -0.2) is 35.1 Å². The molecule has 0 fully saturated rings. The number of carbonyl (C=O) groups excluding carboxylic acids is 1. The third-order valence-corrected chi connectivity index (χ3v) is 2.89. The maximum atomic E-state index is 11.8. The lowest BCUT2D eigenvalue weighted by Crippen LogP contribution is -2.46. The number of rotatable bonds is 5. The molecular weight excluding hydrogens is 268 g/mol. The lowest BCUT2D eigenvalue weighted by atomic mass is 10.2. The number of halogens is 1. The summed E-state index contributed by atoms with van der Waals surface area (Å²) < 4.78 is 0. The van der Waals surface area contributed by atoms with E-state index in [0.29, 0.717) is 18.0 Å². The van der Waals surface area contributed by atoms with Crippen LogP contribution in [0.15, 0.2) is 24.3 Å². The summed E-state index contributed by atoms with van der Waals surface area (Å²) in [5, 5.41) is 11.9. The molecule has 0 spiro atoms. The Morgan fingerprint density at radius 2 is 2.16 bits per heavy atom. The van der Waals surface area contributed by atoms with Crippen LogP contribution in [0.5, 0.6) is 0 Å². The smallest absolute Gasteiger partial charge is 0.326 e. The lowest BCUT2D eigenvalue weighted by molar-refractivity contribution is -0.139. The summed E-state index contributed by atoms with van der Waals surface area (Å²) in [6.45, 7) is 2.07. The van der Waals surface area contributed by atoms with Gasteiger partial charge in [-0.3, -0.25) is 0 Å². The molecule has 1 aromatic rings. The zero-order valence-electron chi connectivity index (χ0n) is 10.9. The molecule has 0 aliphatic carbocycles. The van der Waals surface area contributed by atoms with Gasteiger partial charge < -0.3 is 15.3 Å². The Morgan fingerprint density at radius 3 is 2.68 bits per heavy atom. The highest BCUT2D eigenvalue weighted by molar-refractivity contribution is 6.30. The fraction of sp³-hybridized carbons (Fsp3) is 0.385. The molecule has 2 amide bonds. The Balaban J connectivity index is 2.60. The van der Waals surface area contributed by atoms with Crippen LogP contribution in [0.25, 0.3) is 0 Å². The van der Waals surface area contributed by atoms with Gasteiger partial charge in [0.25, 0.3) is 0 Å². The van der Waals surface area contributed by atoms with E-state index in [1.807, 2.05) is 6.07 Å². The van der Waals surface area contributed by atoms with Crippen LogP contribution in [0.1, 0.15) is 18.9 Å². The van der Waals surface area contributed by atoms with E-state index in [0.717, 1.165) is 5.56 Å². The van der Waals surface area contributed by atoms with Crippen molar-refractivity contribution in [3.05, 3.63) is 34.9 Å². The van der Waals surface area contributed by atoms with Crippen LogP contribution in [0.2, 0.25) is 5.02 Å². The predicted molar refractivity (Wildman–Crippen MR) is 73.2 cm³/mol. The summed E-state index contributed by atoms with van der Waals surface area (Å²) in [6.07, 6.45) is 0.339. The summed E-state index contributed by atoms with van der Waals surface area (Å²) in [4.78, 5) is 24.1. The summed E-state index contributed by atoms with van der Waals surface area (Å²) in [7, 11) is 1.60. The molecule has 0 heterocycles. The molecule has 0 aliphatic heterocycles. The van der Waals surface area contributed by atoms with Gasteiger partial charge in [-0.2, -0.15) is 0 Å².